The first-order chi connectivity index (χ1) is 14.8. The van der Waals surface area contributed by atoms with Crippen molar-refractivity contribution in [1.29, 1.82) is 0 Å². The van der Waals surface area contributed by atoms with Crippen LogP contribution >= 0.6 is 11.6 Å². The number of amides is 1. The predicted octanol–water partition coefficient (Wildman–Crippen LogP) is 3.70. The van der Waals surface area contributed by atoms with E-state index in [9.17, 15) is 18.0 Å². The monoisotopic (exact) mass is 464 g/mol. The lowest BCUT2D eigenvalue weighted by Gasteiger charge is -2.30. The molecule has 7 nitrogen and oxygen atoms in total. The second-order valence-electron chi connectivity index (χ2n) is 7.31. The van der Waals surface area contributed by atoms with Crippen molar-refractivity contribution in [3.8, 4) is 0 Å². The number of carbonyl (C=O) groups excluding carboxylic acids is 2. The van der Waals surface area contributed by atoms with Crippen LogP contribution in [0.5, 0.6) is 0 Å². The van der Waals surface area contributed by atoms with Crippen molar-refractivity contribution < 1.29 is 22.7 Å². The number of ether oxygens (including phenoxy) is 1. The van der Waals surface area contributed by atoms with E-state index in [4.69, 9.17) is 16.3 Å². The minimum Gasteiger partial charge on any atom is -0.462 e. The van der Waals surface area contributed by atoms with Crippen LogP contribution in [0.4, 0.5) is 5.69 Å². The highest BCUT2D eigenvalue weighted by Gasteiger charge is 2.31. The van der Waals surface area contributed by atoms with E-state index in [0.717, 1.165) is 0 Å². The second kappa shape index (κ2) is 10.3. The van der Waals surface area contributed by atoms with Crippen LogP contribution in [-0.2, 0) is 25.3 Å². The van der Waals surface area contributed by atoms with E-state index < -0.39 is 16.0 Å². The van der Waals surface area contributed by atoms with Gasteiger partial charge in [-0.3, -0.25) is 4.79 Å². The molecule has 1 N–H and O–H groups in total. The highest BCUT2D eigenvalue weighted by molar-refractivity contribution is 7.88. The van der Waals surface area contributed by atoms with Crippen molar-refractivity contribution in [2.45, 2.75) is 25.5 Å². The van der Waals surface area contributed by atoms with Crippen LogP contribution in [0.3, 0.4) is 0 Å². The summed E-state index contributed by atoms with van der Waals surface area (Å²) in [6, 6.07) is 13.5. The molecule has 1 aliphatic heterocycles. The lowest BCUT2D eigenvalue weighted by atomic mass is 9.97. The lowest BCUT2D eigenvalue weighted by molar-refractivity contribution is -0.120. The Hall–Kier alpha value is -2.42. The maximum atomic E-state index is 12.7. The maximum absolute atomic E-state index is 12.7. The van der Waals surface area contributed by atoms with E-state index in [1.807, 2.05) is 0 Å². The molecule has 0 atom stereocenters. The van der Waals surface area contributed by atoms with E-state index in [-0.39, 0.29) is 37.3 Å². The number of carbonyl (C=O) groups is 2. The number of rotatable bonds is 7. The number of halogens is 1. The number of piperidine rings is 1. The summed E-state index contributed by atoms with van der Waals surface area (Å²) >= 11 is 5.95. The largest absolute Gasteiger partial charge is 0.462 e. The molecule has 2 aromatic carbocycles. The molecule has 0 spiro atoms. The molecule has 166 valence electrons. The number of esters is 1. The Labute approximate surface area is 187 Å². The van der Waals surface area contributed by atoms with Crippen LogP contribution in [0.1, 0.15) is 35.7 Å². The number of nitrogens with zero attached hydrogens (tertiary/aromatic N) is 1. The fraction of sp³-hybridized carbons (Fsp3) is 0.364. The third kappa shape index (κ3) is 6.06. The van der Waals surface area contributed by atoms with E-state index >= 15 is 0 Å². The summed E-state index contributed by atoms with van der Waals surface area (Å²) in [7, 11) is -3.50. The molecule has 1 aliphatic rings. The van der Waals surface area contributed by atoms with Gasteiger partial charge < -0.3 is 10.1 Å². The van der Waals surface area contributed by atoms with Gasteiger partial charge in [-0.1, -0.05) is 35.9 Å². The Morgan fingerprint density at radius 1 is 1.13 bits per heavy atom. The fourth-order valence-corrected chi connectivity index (χ4v) is 5.30. The molecule has 0 bridgehead atoms. The quantitative estimate of drug-likeness (QED) is 0.631. The SMILES string of the molecule is CCOC(=O)c1ccccc1NC(=O)C1CCN(S(=O)(=O)Cc2cccc(Cl)c2)CC1. The number of para-hydroxylation sites is 1. The summed E-state index contributed by atoms with van der Waals surface area (Å²) in [5.74, 6) is -1.20. The standard InChI is InChI=1S/C22H25ClN2O5S/c1-2-30-22(27)19-8-3-4-9-20(19)24-21(26)17-10-12-25(13-11-17)31(28,29)15-16-6-5-7-18(23)14-16/h3-9,14,17H,2,10-13,15H2,1H3,(H,24,26). The van der Waals surface area contributed by atoms with Crippen LogP contribution in [-0.4, -0.2) is 44.3 Å². The Balaban J connectivity index is 1.60. The van der Waals surface area contributed by atoms with Gasteiger partial charge in [-0.05, 0) is 49.6 Å². The van der Waals surface area contributed by atoms with Gasteiger partial charge in [0.15, 0.2) is 0 Å². The molecule has 0 radical (unpaired) electrons. The molecule has 9 heteroatoms. The molecule has 0 aromatic heterocycles. The lowest BCUT2D eigenvalue weighted by Crippen LogP contribution is -2.42. The molecule has 3 rings (SSSR count). The van der Waals surface area contributed by atoms with Crippen molar-refractivity contribution in [1.82, 2.24) is 4.31 Å². The van der Waals surface area contributed by atoms with Crippen molar-refractivity contribution in [3.63, 3.8) is 0 Å². The molecule has 1 saturated heterocycles. The van der Waals surface area contributed by atoms with Gasteiger partial charge in [0.1, 0.15) is 0 Å². The van der Waals surface area contributed by atoms with Gasteiger partial charge >= 0.3 is 5.97 Å². The number of hydrogen-bond donors (Lipinski definition) is 1. The zero-order valence-corrected chi connectivity index (χ0v) is 18.8. The zero-order chi connectivity index (χ0) is 22.4. The summed E-state index contributed by atoms with van der Waals surface area (Å²) in [5, 5.41) is 3.29. The number of sulfonamides is 1. The van der Waals surface area contributed by atoms with Crippen LogP contribution in [0.25, 0.3) is 0 Å². The number of nitrogens with one attached hydrogen (secondary N) is 1. The second-order valence-corrected chi connectivity index (χ2v) is 9.72. The highest BCUT2D eigenvalue weighted by Crippen LogP contribution is 2.25. The fourth-order valence-electron chi connectivity index (χ4n) is 3.54. The van der Waals surface area contributed by atoms with Crippen LogP contribution in [0.2, 0.25) is 5.02 Å². The van der Waals surface area contributed by atoms with Crippen LogP contribution in [0.15, 0.2) is 48.5 Å². The van der Waals surface area contributed by atoms with Crippen molar-refractivity contribution in [3.05, 3.63) is 64.7 Å². The Bertz CT molecular complexity index is 1050. The maximum Gasteiger partial charge on any atom is 0.340 e. The average Bonchev–Trinajstić information content (AvgIpc) is 2.74. The summed E-state index contributed by atoms with van der Waals surface area (Å²) in [4.78, 5) is 24.8. The Morgan fingerprint density at radius 2 is 1.84 bits per heavy atom. The highest BCUT2D eigenvalue weighted by atomic mass is 35.5. The van der Waals surface area contributed by atoms with Crippen molar-refractivity contribution in [2.75, 3.05) is 25.0 Å². The molecule has 2 aromatic rings. The minimum atomic E-state index is -3.50. The first-order valence-electron chi connectivity index (χ1n) is 10.1. The first kappa shape index (κ1) is 23.2. The van der Waals surface area contributed by atoms with Gasteiger partial charge in [0.25, 0.3) is 0 Å². The average molecular weight is 465 g/mol. The van der Waals surface area contributed by atoms with Crippen LogP contribution in [0, 0.1) is 5.92 Å². The van der Waals surface area contributed by atoms with Crippen molar-refractivity contribution in [2.24, 2.45) is 5.92 Å². The summed E-state index contributed by atoms with van der Waals surface area (Å²) in [6.07, 6.45) is 0.810. The van der Waals surface area contributed by atoms with Gasteiger partial charge in [-0.15, -0.1) is 0 Å². The van der Waals surface area contributed by atoms with Gasteiger partial charge in [-0.25, -0.2) is 17.5 Å². The third-order valence-electron chi connectivity index (χ3n) is 5.14. The van der Waals surface area contributed by atoms with Crippen LogP contribution < -0.4 is 5.32 Å². The topological polar surface area (TPSA) is 92.8 Å². The number of benzene rings is 2. The molecule has 0 unspecified atom stereocenters. The molecule has 0 saturated carbocycles. The molecule has 1 heterocycles. The molecule has 0 aliphatic carbocycles. The van der Waals surface area contributed by atoms with Gasteiger partial charge in [0.2, 0.25) is 15.9 Å². The minimum absolute atomic E-state index is 0.128. The smallest absolute Gasteiger partial charge is 0.340 e. The Morgan fingerprint density at radius 3 is 2.52 bits per heavy atom. The van der Waals surface area contributed by atoms with E-state index in [2.05, 4.69) is 5.32 Å². The number of hydrogen-bond acceptors (Lipinski definition) is 5. The molecule has 31 heavy (non-hydrogen) atoms. The summed E-state index contributed by atoms with van der Waals surface area (Å²) < 4.78 is 31.9. The third-order valence-corrected chi connectivity index (χ3v) is 7.22. The molecule has 1 amide bonds. The normalized spacial score (nSPS) is 15.4. The molecule has 1 fully saturated rings. The Kier molecular flexibility index (Phi) is 7.69. The zero-order valence-electron chi connectivity index (χ0n) is 17.2. The van der Waals surface area contributed by atoms with E-state index in [1.165, 1.54) is 4.31 Å². The van der Waals surface area contributed by atoms with E-state index in [0.29, 0.717) is 34.7 Å². The molecular weight excluding hydrogens is 440 g/mol. The molecular formula is C22H25ClN2O5S. The van der Waals surface area contributed by atoms with E-state index in [1.54, 1.807) is 55.5 Å². The van der Waals surface area contributed by atoms with Gasteiger partial charge in [0.05, 0.1) is 23.6 Å². The number of anilines is 1. The predicted molar refractivity (Wildman–Crippen MR) is 119 cm³/mol. The summed E-state index contributed by atoms with van der Waals surface area (Å²) in [5.41, 5.74) is 1.31. The van der Waals surface area contributed by atoms with Crippen molar-refractivity contribution >= 4 is 39.2 Å². The van der Waals surface area contributed by atoms with Gasteiger partial charge in [-0.2, -0.15) is 0 Å². The summed E-state index contributed by atoms with van der Waals surface area (Å²) in [6.45, 7) is 2.48. The van der Waals surface area contributed by atoms with Gasteiger partial charge in [0, 0.05) is 24.0 Å². The first-order valence-corrected chi connectivity index (χ1v) is 12.1.